The molecule has 2 nitrogen and oxygen atoms in total. The van der Waals surface area contributed by atoms with Crippen LogP contribution in [0.15, 0.2) is 175 Å². The van der Waals surface area contributed by atoms with Crippen molar-refractivity contribution in [1.29, 1.82) is 0 Å². The van der Waals surface area contributed by atoms with E-state index in [0.29, 0.717) is 0 Å². The van der Waals surface area contributed by atoms with Crippen molar-refractivity contribution in [3.05, 3.63) is 203 Å². The van der Waals surface area contributed by atoms with Crippen LogP contribution in [0.2, 0.25) is 0 Å². The molecule has 0 saturated heterocycles. The van der Waals surface area contributed by atoms with E-state index in [9.17, 15) is 0 Å². The summed E-state index contributed by atoms with van der Waals surface area (Å²) < 4.78 is 6.02. The zero-order chi connectivity index (χ0) is 36.9. The summed E-state index contributed by atoms with van der Waals surface area (Å²) in [6, 6.07) is 42.4. The molecule has 1 aromatic heterocycles. The largest absolute Gasteiger partial charge is 0.456 e. The maximum atomic E-state index is 6.02. The van der Waals surface area contributed by atoms with Gasteiger partial charge in [0.25, 0.3) is 0 Å². The number of furan rings is 1. The minimum absolute atomic E-state index is 0.812. The fourth-order valence-corrected chi connectivity index (χ4v) is 6.05. The highest BCUT2D eigenvalue weighted by Gasteiger charge is 2.09. The summed E-state index contributed by atoms with van der Waals surface area (Å²) in [4.78, 5) is 0. The average Bonchev–Trinajstić information content (AvgIpc) is 3.54. The Bertz CT molecular complexity index is 2350. The molecule has 0 bridgehead atoms. The molecule has 0 amide bonds. The van der Waals surface area contributed by atoms with Crippen molar-refractivity contribution >= 4 is 45.6 Å². The summed E-state index contributed by atoms with van der Waals surface area (Å²) >= 11 is 0. The second-order valence-corrected chi connectivity index (χ2v) is 12.7. The van der Waals surface area contributed by atoms with Crippen molar-refractivity contribution in [3.8, 4) is 11.1 Å². The predicted molar refractivity (Wildman–Crippen MR) is 228 cm³/mol. The number of hydrogen-bond acceptors (Lipinski definition) is 2. The van der Waals surface area contributed by atoms with E-state index in [-0.39, 0.29) is 0 Å². The molecule has 0 aliphatic carbocycles. The lowest BCUT2D eigenvalue weighted by Crippen LogP contribution is -2.19. The van der Waals surface area contributed by atoms with E-state index < -0.39 is 0 Å². The molecule has 1 heterocycles. The van der Waals surface area contributed by atoms with Crippen LogP contribution in [-0.2, 0) is 6.42 Å². The summed E-state index contributed by atoms with van der Waals surface area (Å²) in [6.45, 7) is 18.3. The van der Waals surface area contributed by atoms with Gasteiger partial charge in [0.05, 0.1) is 0 Å². The van der Waals surface area contributed by atoms with Crippen LogP contribution in [0.25, 0.3) is 45.4 Å². The van der Waals surface area contributed by atoms with Crippen LogP contribution in [0, 0.1) is 6.92 Å². The SMILES string of the molecule is C/C=C(\C)c1ccccc1.C=C/C=C(\C(C)=C/C)c1cc(-c2ccc(Nc3ccc(C/C=c4\c(=C/C=C)oc5ccccc45)cc3)cc2)ccc1C. The molecule has 52 heavy (non-hydrogen) atoms. The molecule has 0 spiro atoms. The standard InChI is InChI=1S/C40H37NO.C10H12/c1-6-11-35(28(4)8-3)38-27-32(19-15-29(38)5)31-20-24-34(25-21-31)41-33-22-16-30(17-23-33)18-26-37-36-13-9-10-14-40(36)42-39(37)12-7-2;1-3-9(2)10-7-5-4-6-8-10/h6-17,19-27,41H,1-2,18H2,3-5H3;3-8H,1-2H3/b28-8-,35-11+,37-26-,39-12+;9-3+. The van der Waals surface area contributed by atoms with Crippen LogP contribution in [-0.4, -0.2) is 0 Å². The minimum atomic E-state index is 0.812. The van der Waals surface area contributed by atoms with Crippen molar-refractivity contribution in [2.45, 2.75) is 41.0 Å². The first kappa shape index (κ1) is 37.1. The summed E-state index contributed by atoms with van der Waals surface area (Å²) in [7, 11) is 0. The number of anilines is 2. The average molecular weight is 680 g/mol. The lowest BCUT2D eigenvalue weighted by Gasteiger charge is -2.14. The second-order valence-electron chi connectivity index (χ2n) is 12.7. The Labute approximate surface area is 309 Å². The van der Waals surface area contributed by atoms with Gasteiger partial charge < -0.3 is 9.73 Å². The maximum absolute atomic E-state index is 6.02. The number of benzene rings is 5. The molecule has 0 radical (unpaired) electrons. The van der Waals surface area contributed by atoms with Gasteiger partial charge in [-0.05, 0) is 134 Å². The molecule has 0 aliphatic heterocycles. The number of hydrogen-bond donors (Lipinski definition) is 1. The quantitative estimate of drug-likeness (QED) is 0.146. The van der Waals surface area contributed by atoms with Gasteiger partial charge >= 0.3 is 0 Å². The summed E-state index contributed by atoms with van der Waals surface area (Å²) in [5.41, 5.74) is 15.0. The van der Waals surface area contributed by atoms with Crippen molar-refractivity contribution < 1.29 is 4.42 Å². The molecule has 6 rings (SSSR count). The maximum Gasteiger partial charge on any atom is 0.135 e. The van der Waals surface area contributed by atoms with Crippen LogP contribution in [0.5, 0.6) is 0 Å². The minimum Gasteiger partial charge on any atom is -0.456 e. The summed E-state index contributed by atoms with van der Waals surface area (Å²) in [5.74, 6) is 0. The normalized spacial score (nSPS) is 12.8. The Morgan fingerprint density at radius 1 is 0.712 bits per heavy atom. The molecule has 5 aromatic carbocycles. The third kappa shape index (κ3) is 9.35. The number of para-hydroxylation sites is 1. The highest BCUT2D eigenvalue weighted by Crippen LogP contribution is 2.31. The van der Waals surface area contributed by atoms with Crippen molar-refractivity contribution in [3.63, 3.8) is 0 Å². The molecule has 0 atom stereocenters. The smallest absolute Gasteiger partial charge is 0.135 e. The molecular weight excluding hydrogens is 631 g/mol. The molecular formula is C50H49NO. The number of fused-ring (bicyclic) bond motifs is 1. The van der Waals surface area contributed by atoms with E-state index in [1.54, 1.807) is 6.08 Å². The summed E-state index contributed by atoms with van der Waals surface area (Å²) in [6.07, 6.45) is 15.0. The molecule has 0 saturated carbocycles. The van der Waals surface area contributed by atoms with Gasteiger partial charge in [-0.25, -0.2) is 0 Å². The van der Waals surface area contributed by atoms with Gasteiger partial charge in [0.15, 0.2) is 0 Å². The Morgan fingerprint density at radius 2 is 1.37 bits per heavy atom. The van der Waals surface area contributed by atoms with E-state index in [1.165, 1.54) is 50.1 Å². The zero-order valence-electron chi connectivity index (χ0n) is 31.1. The topological polar surface area (TPSA) is 25.2 Å². The fourth-order valence-electron chi connectivity index (χ4n) is 6.05. The Morgan fingerprint density at radius 3 is 2.02 bits per heavy atom. The van der Waals surface area contributed by atoms with Crippen molar-refractivity contribution in [2.24, 2.45) is 0 Å². The highest BCUT2D eigenvalue weighted by atomic mass is 16.3. The van der Waals surface area contributed by atoms with Crippen LogP contribution in [0.3, 0.4) is 0 Å². The fraction of sp³-hybridized carbons (Fsp3) is 0.120. The van der Waals surface area contributed by atoms with E-state index in [2.05, 4.69) is 174 Å². The number of nitrogens with one attached hydrogen (secondary N) is 1. The molecule has 0 unspecified atom stereocenters. The Balaban J connectivity index is 0.000000452. The van der Waals surface area contributed by atoms with Crippen LogP contribution < -0.4 is 16.0 Å². The van der Waals surface area contributed by atoms with Gasteiger partial charge in [-0.2, -0.15) is 0 Å². The summed E-state index contributed by atoms with van der Waals surface area (Å²) in [5, 5.41) is 5.77. The van der Waals surface area contributed by atoms with Gasteiger partial charge in [-0.15, -0.1) is 0 Å². The van der Waals surface area contributed by atoms with Crippen molar-refractivity contribution in [2.75, 3.05) is 5.32 Å². The first-order chi connectivity index (χ1) is 25.3. The van der Waals surface area contributed by atoms with Gasteiger partial charge in [0, 0.05) is 22.0 Å². The zero-order valence-corrected chi connectivity index (χ0v) is 31.1. The van der Waals surface area contributed by atoms with E-state index >= 15 is 0 Å². The lowest BCUT2D eigenvalue weighted by molar-refractivity contribution is 0.575. The third-order valence-corrected chi connectivity index (χ3v) is 9.27. The monoisotopic (exact) mass is 679 g/mol. The molecule has 0 aliphatic rings. The first-order valence-electron chi connectivity index (χ1n) is 17.9. The molecule has 260 valence electrons. The van der Waals surface area contributed by atoms with Gasteiger partial charge in [0.2, 0.25) is 0 Å². The van der Waals surface area contributed by atoms with Gasteiger partial charge in [-0.3, -0.25) is 0 Å². The molecule has 0 fully saturated rings. The second kappa shape index (κ2) is 18.2. The Kier molecular flexibility index (Phi) is 13.0. The number of rotatable bonds is 10. The van der Waals surface area contributed by atoms with Crippen LogP contribution >= 0.6 is 0 Å². The van der Waals surface area contributed by atoms with Crippen LogP contribution in [0.4, 0.5) is 11.4 Å². The number of allylic oxidation sites excluding steroid dienone is 8. The van der Waals surface area contributed by atoms with Crippen LogP contribution in [0.1, 0.15) is 49.9 Å². The molecule has 1 N–H and O–H groups in total. The molecule has 2 heteroatoms. The lowest BCUT2D eigenvalue weighted by atomic mass is 9.91. The van der Waals surface area contributed by atoms with E-state index in [1.807, 2.05) is 36.4 Å². The van der Waals surface area contributed by atoms with Gasteiger partial charge in [0.1, 0.15) is 11.0 Å². The number of aryl methyl sites for hydroxylation is 1. The van der Waals surface area contributed by atoms with E-state index in [4.69, 9.17) is 4.42 Å². The van der Waals surface area contributed by atoms with E-state index in [0.717, 1.165) is 39.4 Å². The highest BCUT2D eigenvalue weighted by molar-refractivity contribution is 5.84. The van der Waals surface area contributed by atoms with Crippen molar-refractivity contribution in [1.82, 2.24) is 0 Å². The van der Waals surface area contributed by atoms with Gasteiger partial charge in [-0.1, -0.05) is 135 Å². The third-order valence-electron chi connectivity index (χ3n) is 9.27. The Hall–Kier alpha value is -6.12. The predicted octanol–water partition coefficient (Wildman–Crippen LogP) is 12.8. The first-order valence-corrected chi connectivity index (χ1v) is 17.9. The molecule has 6 aromatic rings.